The van der Waals surface area contributed by atoms with Gasteiger partial charge in [0.1, 0.15) is 0 Å². The van der Waals surface area contributed by atoms with Gasteiger partial charge in [-0.15, -0.1) is 0 Å². The summed E-state index contributed by atoms with van der Waals surface area (Å²) in [5, 5.41) is 21.8. The van der Waals surface area contributed by atoms with E-state index in [1.54, 1.807) is 0 Å². The fraction of sp³-hybridized carbons (Fsp3) is 1.00. The van der Waals surface area contributed by atoms with E-state index in [1.807, 2.05) is 6.92 Å². The molecule has 0 saturated carbocycles. The second-order valence-electron chi connectivity index (χ2n) is 5.00. The molecule has 0 heterocycles. The molecule has 0 aliphatic rings. The van der Waals surface area contributed by atoms with Crippen molar-refractivity contribution >= 4 is 0 Å². The highest BCUT2D eigenvalue weighted by Crippen LogP contribution is 2.10. The fourth-order valence-corrected chi connectivity index (χ4v) is 1.95. The lowest BCUT2D eigenvalue weighted by Crippen LogP contribution is -2.51. The van der Waals surface area contributed by atoms with Crippen LogP contribution < -0.4 is 5.32 Å². The minimum atomic E-state index is -0.470. The van der Waals surface area contributed by atoms with Crippen LogP contribution in [-0.4, -0.2) is 35.5 Å². The van der Waals surface area contributed by atoms with Crippen molar-refractivity contribution < 1.29 is 10.2 Å². The molecule has 0 spiro atoms. The van der Waals surface area contributed by atoms with Gasteiger partial charge in [-0.3, -0.25) is 0 Å². The maximum atomic E-state index is 9.25. The Morgan fingerprint density at radius 3 is 1.82 bits per heavy atom. The molecule has 0 saturated heterocycles. The molecule has 0 rings (SSSR count). The lowest BCUT2D eigenvalue weighted by molar-refractivity contribution is 0.0876. The van der Waals surface area contributed by atoms with E-state index in [0.717, 1.165) is 19.4 Å². The van der Waals surface area contributed by atoms with Crippen LogP contribution in [0.15, 0.2) is 0 Å². The van der Waals surface area contributed by atoms with Gasteiger partial charge in [0.2, 0.25) is 0 Å². The Balaban J connectivity index is 3.43. The molecule has 0 atom stereocenters. The molecular weight excluding hydrogens is 214 g/mol. The second-order valence-corrected chi connectivity index (χ2v) is 5.00. The quantitative estimate of drug-likeness (QED) is 0.463. The summed E-state index contributed by atoms with van der Waals surface area (Å²) in [4.78, 5) is 0. The summed E-state index contributed by atoms with van der Waals surface area (Å²) in [5.74, 6) is 0. The summed E-state index contributed by atoms with van der Waals surface area (Å²) < 4.78 is 0. The van der Waals surface area contributed by atoms with Crippen LogP contribution in [0.5, 0.6) is 0 Å². The Bertz CT molecular complexity index is 150. The molecule has 0 amide bonds. The van der Waals surface area contributed by atoms with Crippen LogP contribution in [-0.2, 0) is 0 Å². The van der Waals surface area contributed by atoms with Gasteiger partial charge in [-0.2, -0.15) is 0 Å². The van der Waals surface area contributed by atoms with Crippen molar-refractivity contribution in [1.29, 1.82) is 0 Å². The zero-order chi connectivity index (χ0) is 13.0. The van der Waals surface area contributed by atoms with Crippen LogP contribution in [0.4, 0.5) is 0 Å². The first-order valence-electron chi connectivity index (χ1n) is 7.21. The van der Waals surface area contributed by atoms with Gasteiger partial charge in [0.15, 0.2) is 0 Å². The van der Waals surface area contributed by atoms with Gasteiger partial charge < -0.3 is 15.5 Å². The molecule has 0 aromatic carbocycles. The minimum Gasteiger partial charge on any atom is -0.394 e. The zero-order valence-corrected chi connectivity index (χ0v) is 11.7. The smallest absolute Gasteiger partial charge is 0.0645 e. The summed E-state index contributed by atoms with van der Waals surface area (Å²) in [6, 6.07) is 0. The predicted molar refractivity (Wildman–Crippen MR) is 73.2 cm³/mol. The van der Waals surface area contributed by atoms with Crippen LogP contribution in [0, 0.1) is 0 Å². The normalized spacial score (nSPS) is 12.0. The maximum Gasteiger partial charge on any atom is 0.0645 e. The molecule has 0 aliphatic carbocycles. The molecule has 3 N–H and O–H groups in total. The van der Waals surface area contributed by atoms with Crippen LogP contribution in [0.3, 0.4) is 0 Å². The summed E-state index contributed by atoms with van der Waals surface area (Å²) in [5.41, 5.74) is -0.470. The van der Waals surface area contributed by atoms with Gasteiger partial charge >= 0.3 is 0 Å². The number of nitrogens with one attached hydrogen (secondary N) is 1. The Labute approximate surface area is 107 Å². The van der Waals surface area contributed by atoms with Crippen molar-refractivity contribution in [2.45, 2.75) is 70.8 Å². The Morgan fingerprint density at radius 1 is 0.824 bits per heavy atom. The highest BCUT2D eigenvalue weighted by Gasteiger charge is 2.24. The summed E-state index contributed by atoms with van der Waals surface area (Å²) in [6.07, 6.45) is 9.79. The summed E-state index contributed by atoms with van der Waals surface area (Å²) in [6.45, 7) is 5.14. The lowest BCUT2D eigenvalue weighted by atomic mass is 9.98. The monoisotopic (exact) mass is 245 g/mol. The van der Waals surface area contributed by atoms with E-state index in [2.05, 4.69) is 12.2 Å². The van der Waals surface area contributed by atoms with Gasteiger partial charge in [0.05, 0.1) is 18.8 Å². The second kappa shape index (κ2) is 11.0. The van der Waals surface area contributed by atoms with Crippen molar-refractivity contribution in [3.05, 3.63) is 0 Å². The van der Waals surface area contributed by atoms with Gasteiger partial charge in [-0.25, -0.2) is 0 Å². The number of aliphatic hydroxyl groups is 2. The average Bonchev–Trinajstić information content (AvgIpc) is 2.38. The van der Waals surface area contributed by atoms with E-state index >= 15 is 0 Å². The lowest BCUT2D eigenvalue weighted by Gasteiger charge is -2.29. The van der Waals surface area contributed by atoms with Crippen LogP contribution in [0.1, 0.15) is 65.2 Å². The molecule has 0 aromatic rings. The van der Waals surface area contributed by atoms with Crippen molar-refractivity contribution in [3.8, 4) is 0 Å². The topological polar surface area (TPSA) is 52.5 Å². The highest BCUT2D eigenvalue weighted by atomic mass is 16.3. The fourth-order valence-electron chi connectivity index (χ4n) is 1.95. The summed E-state index contributed by atoms with van der Waals surface area (Å²) >= 11 is 0. The molecule has 3 heteroatoms. The average molecular weight is 245 g/mol. The zero-order valence-electron chi connectivity index (χ0n) is 11.7. The molecule has 0 unspecified atom stereocenters. The minimum absolute atomic E-state index is 0.0104. The first kappa shape index (κ1) is 16.9. The third kappa shape index (κ3) is 7.74. The van der Waals surface area contributed by atoms with E-state index in [0.29, 0.717) is 0 Å². The molecule has 17 heavy (non-hydrogen) atoms. The van der Waals surface area contributed by atoms with Crippen LogP contribution >= 0.6 is 0 Å². The molecule has 0 radical (unpaired) electrons. The number of hydrogen-bond acceptors (Lipinski definition) is 3. The standard InChI is InChI=1S/C14H31NO2/c1-3-5-6-7-8-9-10-11-15-14(4-2,12-16)13-17/h15-17H,3-13H2,1-2H3. The van der Waals surface area contributed by atoms with Crippen molar-refractivity contribution in [2.75, 3.05) is 19.8 Å². The Morgan fingerprint density at radius 2 is 1.35 bits per heavy atom. The SMILES string of the molecule is CCCCCCCCCNC(CC)(CO)CO. The van der Waals surface area contributed by atoms with E-state index in [1.165, 1.54) is 38.5 Å². The highest BCUT2D eigenvalue weighted by molar-refractivity contribution is 4.85. The number of rotatable bonds is 12. The Kier molecular flexibility index (Phi) is 10.9. The van der Waals surface area contributed by atoms with Crippen LogP contribution in [0.25, 0.3) is 0 Å². The van der Waals surface area contributed by atoms with Gasteiger partial charge in [-0.05, 0) is 19.4 Å². The molecular formula is C14H31NO2. The maximum absolute atomic E-state index is 9.25. The van der Waals surface area contributed by atoms with Crippen molar-refractivity contribution in [1.82, 2.24) is 5.32 Å². The van der Waals surface area contributed by atoms with E-state index < -0.39 is 5.54 Å². The van der Waals surface area contributed by atoms with Gasteiger partial charge in [0.25, 0.3) is 0 Å². The van der Waals surface area contributed by atoms with Crippen molar-refractivity contribution in [2.24, 2.45) is 0 Å². The number of aliphatic hydroxyl groups excluding tert-OH is 2. The third-order valence-corrected chi connectivity index (χ3v) is 3.56. The molecule has 3 nitrogen and oxygen atoms in total. The van der Waals surface area contributed by atoms with E-state index in [-0.39, 0.29) is 13.2 Å². The number of unbranched alkanes of at least 4 members (excludes halogenated alkanes) is 6. The van der Waals surface area contributed by atoms with Gasteiger partial charge in [-0.1, -0.05) is 52.4 Å². The molecule has 0 aliphatic heterocycles. The first-order valence-corrected chi connectivity index (χ1v) is 7.21. The molecule has 0 aromatic heterocycles. The Hall–Kier alpha value is -0.120. The molecule has 104 valence electrons. The van der Waals surface area contributed by atoms with E-state index in [4.69, 9.17) is 0 Å². The number of hydrogen-bond donors (Lipinski definition) is 3. The predicted octanol–water partition coefficient (Wildman–Crippen LogP) is 2.46. The largest absolute Gasteiger partial charge is 0.394 e. The first-order chi connectivity index (χ1) is 8.24. The van der Waals surface area contributed by atoms with Crippen LogP contribution in [0.2, 0.25) is 0 Å². The van der Waals surface area contributed by atoms with Crippen molar-refractivity contribution in [3.63, 3.8) is 0 Å². The molecule has 0 fully saturated rings. The third-order valence-electron chi connectivity index (χ3n) is 3.56. The molecule has 0 bridgehead atoms. The van der Waals surface area contributed by atoms with Gasteiger partial charge in [0, 0.05) is 0 Å². The summed E-state index contributed by atoms with van der Waals surface area (Å²) in [7, 11) is 0. The van der Waals surface area contributed by atoms with E-state index in [9.17, 15) is 10.2 Å².